The number of anilines is 1. The first kappa shape index (κ1) is 13.1. The van der Waals surface area contributed by atoms with Crippen LogP contribution < -0.4 is 4.90 Å². The lowest BCUT2D eigenvalue weighted by Crippen LogP contribution is -2.46. The standard InChI is InChI=1S/C15H16N4S/c16-11-13-3-1-2-4-14(13)12-18-6-8-19(9-7-18)15-17-5-10-20-15/h1-5,10H,6-9,12H2. The van der Waals surface area contributed by atoms with Crippen molar-refractivity contribution in [2.24, 2.45) is 0 Å². The molecule has 1 aromatic carbocycles. The Hall–Kier alpha value is -1.90. The molecule has 0 bridgehead atoms. The number of nitrogens with zero attached hydrogens (tertiary/aromatic N) is 4. The predicted octanol–water partition coefficient (Wildman–Crippen LogP) is 2.34. The summed E-state index contributed by atoms with van der Waals surface area (Å²) in [5.74, 6) is 0. The molecule has 102 valence electrons. The van der Waals surface area contributed by atoms with Crippen molar-refractivity contribution in [3.63, 3.8) is 0 Å². The summed E-state index contributed by atoms with van der Waals surface area (Å²) in [5, 5.41) is 12.3. The largest absolute Gasteiger partial charge is 0.346 e. The number of piperazine rings is 1. The summed E-state index contributed by atoms with van der Waals surface area (Å²) < 4.78 is 0. The third-order valence-electron chi connectivity index (χ3n) is 3.59. The fraction of sp³-hybridized carbons (Fsp3) is 0.333. The Morgan fingerprint density at radius 1 is 1.20 bits per heavy atom. The van der Waals surface area contributed by atoms with Crippen LogP contribution in [0.3, 0.4) is 0 Å². The molecule has 2 aromatic rings. The summed E-state index contributed by atoms with van der Waals surface area (Å²) >= 11 is 1.69. The molecule has 5 heteroatoms. The van der Waals surface area contributed by atoms with E-state index >= 15 is 0 Å². The number of benzene rings is 1. The molecule has 0 unspecified atom stereocenters. The summed E-state index contributed by atoms with van der Waals surface area (Å²) in [6, 6.07) is 10.1. The molecule has 0 aliphatic carbocycles. The maximum Gasteiger partial charge on any atom is 0.185 e. The SMILES string of the molecule is N#Cc1ccccc1CN1CCN(c2nccs2)CC1. The Bertz CT molecular complexity index is 595. The number of nitriles is 1. The van der Waals surface area contributed by atoms with Gasteiger partial charge in [0, 0.05) is 44.3 Å². The van der Waals surface area contributed by atoms with Crippen LogP contribution in [0.25, 0.3) is 0 Å². The minimum absolute atomic E-state index is 0.787. The molecule has 1 saturated heterocycles. The summed E-state index contributed by atoms with van der Waals surface area (Å²) in [4.78, 5) is 9.09. The zero-order valence-corrected chi connectivity index (χ0v) is 12.0. The van der Waals surface area contributed by atoms with Crippen LogP contribution in [0, 0.1) is 11.3 Å². The van der Waals surface area contributed by atoms with Crippen molar-refractivity contribution in [3.05, 3.63) is 47.0 Å². The Balaban J connectivity index is 1.60. The Labute approximate surface area is 122 Å². The zero-order valence-electron chi connectivity index (χ0n) is 11.2. The number of hydrogen-bond acceptors (Lipinski definition) is 5. The highest BCUT2D eigenvalue weighted by molar-refractivity contribution is 7.13. The molecule has 0 radical (unpaired) electrons. The summed E-state index contributed by atoms with van der Waals surface area (Å²) in [6.07, 6.45) is 1.86. The van der Waals surface area contributed by atoms with Crippen LogP contribution in [0.15, 0.2) is 35.8 Å². The lowest BCUT2D eigenvalue weighted by Gasteiger charge is -2.34. The highest BCUT2D eigenvalue weighted by atomic mass is 32.1. The van der Waals surface area contributed by atoms with E-state index in [9.17, 15) is 0 Å². The van der Waals surface area contributed by atoms with Crippen LogP contribution in [0.5, 0.6) is 0 Å². The quantitative estimate of drug-likeness (QED) is 0.867. The van der Waals surface area contributed by atoms with Gasteiger partial charge in [-0.05, 0) is 11.6 Å². The van der Waals surface area contributed by atoms with Crippen LogP contribution >= 0.6 is 11.3 Å². The summed E-state index contributed by atoms with van der Waals surface area (Å²) in [6.45, 7) is 4.89. The maximum absolute atomic E-state index is 9.13. The Morgan fingerprint density at radius 2 is 2.00 bits per heavy atom. The molecule has 0 saturated carbocycles. The number of hydrogen-bond donors (Lipinski definition) is 0. The van der Waals surface area contributed by atoms with Crippen molar-refractivity contribution in [1.82, 2.24) is 9.88 Å². The second-order valence-corrected chi connectivity index (χ2v) is 5.72. The first-order valence-corrected chi connectivity index (χ1v) is 7.59. The van der Waals surface area contributed by atoms with Gasteiger partial charge in [-0.25, -0.2) is 4.98 Å². The summed E-state index contributed by atoms with van der Waals surface area (Å²) in [7, 11) is 0. The fourth-order valence-electron chi connectivity index (χ4n) is 2.48. The minimum atomic E-state index is 0.787. The van der Waals surface area contributed by atoms with Crippen molar-refractivity contribution in [2.45, 2.75) is 6.54 Å². The third-order valence-corrected chi connectivity index (χ3v) is 4.43. The molecule has 1 aromatic heterocycles. The molecule has 20 heavy (non-hydrogen) atoms. The number of rotatable bonds is 3. The molecule has 0 spiro atoms. The highest BCUT2D eigenvalue weighted by Crippen LogP contribution is 2.20. The number of thiazole rings is 1. The maximum atomic E-state index is 9.13. The second-order valence-electron chi connectivity index (χ2n) is 4.85. The molecular formula is C15H16N4S. The van der Waals surface area contributed by atoms with Crippen molar-refractivity contribution >= 4 is 16.5 Å². The first-order chi connectivity index (χ1) is 9.86. The van der Waals surface area contributed by atoms with Gasteiger partial charge in [0.15, 0.2) is 5.13 Å². The summed E-state index contributed by atoms with van der Waals surface area (Å²) in [5.41, 5.74) is 1.91. The molecule has 1 fully saturated rings. The molecular weight excluding hydrogens is 268 g/mol. The van der Waals surface area contributed by atoms with Crippen LogP contribution in [0.4, 0.5) is 5.13 Å². The molecule has 4 nitrogen and oxygen atoms in total. The van der Waals surface area contributed by atoms with E-state index in [0.717, 1.165) is 49.0 Å². The second kappa shape index (κ2) is 6.04. The van der Waals surface area contributed by atoms with Crippen LogP contribution in [-0.4, -0.2) is 36.1 Å². The predicted molar refractivity (Wildman–Crippen MR) is 80.8 cm³/mol. The molecule has 0 N–H and O–H groups in total. The van der Waals surface area contributed by atoms with Crippen molar-refractivity contribution < 1.29 is 0 Å². The van der Waals surface area contributed by atoms with Gasteiger partial charge < -0.3 is 4.90 Å². The fourth-order valence-corrected chi connectivity index (χ4v) is 3.17. The highest BCUT2D eigenvalue weighted by Gasteiger charge is 2.19. The van der Waals surface area contributed by atoms with Crippen molar-refractivity contribution in [3.8, 4) is 6.07 Å². The van der Waals surface area contributed by atoms with Crippen molar-refractivity contribution in [2.75, 3.05) is 31.1 Å². The van der Waals surface area contributed by atoms with Gasteiger partial charge in [0.05, 0.1) is 11.6 Å². The topological polar surface area (TPSA) is 43.2 Å². The molecule has 3 rings (SSSR count). The van der Waals surface area contributed by atoms with Crippen LogP contribution in [-0.2, 0) is 6.54 Å². The smallest absolute Gasteiger partial charge is 0.185 e. The number of aromatic nitrogens is 1. The van der Waals surface area contributed by atoms with E-state index in [0.29, 0.717) is 0 Å². The normalized spacial score (nSPS) is 16.1. The van der Waals surface area contributed by atoms with E-state index in [1.165, 1.54) is 0 Å². The Morgan fingerprint density at radius 3 is 2.70 bits per heavy atom. The van der Waals surface area contributed by atoms with Crippen LogP contribution in [0.1, 0.15) is 11.1 Å². The average Bonchev–Trinajstić information content (AvgIpc) is 3.03. The Kier molecular flexibility index (Phi) is 3.95. The van der Waals surface area contributed by atoms with E-state index in [-0.39, 0.29) is 0 Å². The lowest BCUT2D eigenvalue weighted by atomic mass is 10.1. The first-order valence-electron chi connectivity index (χ1n) is 6.71. The van der Waals surface area contributed by atoms with Gasteiger partial charge in [0.25, 0.3) is 0 Å². The van der Waals surface area contributed by atoms with Gasteiger partial charge >= 0.3 is 0 Å². The van der Waals surface area contributed by atoms with E-state index in [4.69, 9.17) is 5.26 Å². The molecule has 0 atom stereocenters. The van der Waals surface area contributed by atoms with E-state index in [2.05, 4.69) is 20.9 Å². The van der Waals surface area contributed by atoms with Crippen LogP contribution in [0.2, 0.25) is 0 Å². The van der Waals surface area contributed by atoms with E-state index < -0.39 is 0 Å². The minimum Gasteiger partial charge on any atom is -0.346 e. The zero-order chi connectivity index (χ0) is 13.8. The molecule has 0 amide bonds. The van der Waals surface area contributed by atoms with Gasteiger partial charge in [-0.3, -0.25) is 4.90 Å². The van der Waals surface area contributed by atoms with Gasteiger partial charge in [-0.15, -0.1) is 11.3 Å². The van der Waals surface area contributed by atoms with Gasteiger partial charge in [0.2, 0.25) is 0 Å². The van der Waals surface area contributed by atoms with E-state index in [1.54, 1.807) is 11.3 Å². The molecule has 1 aliphatic rings. The molecule has 1 aliphatic heterocycles. The average molecular weight is 284 g/mol. The molecule has 2 heterocycles. The van der Waals surface area contributed by atoms with Gasteiger partial charge in [0.1, 0.15) is 0 Å². The van der Waals surface area contributed by atoms with Crippen molar-refractivity contribution in [1.29, 1.82) is 5.26 Å². The van der Waals surface area contributed by atoms with Gasteiger partial charge in [-0.1, -0.05) is 18.2 Å². The lowest BCUT2D eigenvalue weighted by molar-refractivity contribution is 0.249. The van der Waals surface area contributed by atoms with Gasteiger partial charge in [-0.2, -0.15) is 5.26 Å². The van der Waals surface area contributed by atoms with E-state index in [1.807, 2.05) is 35.8 Å². The third kappa shape index (κ3) is 2.82. The monoisotopic (exact) mass is 284 g/mol.